The van der Waals surface area contributed by atoms with Crippen molar-refractivity contribution in [1.82, 2.24) is 0 Å². The summed E-state index contributed by atoms with van der Waals surface area (Å²) >= 11 is 0. The second-order valence-electron chi connectivity index (χ2n) is 4.87. The number of nitrogen functional groups attached to an aromatic ring is 1. The van der Waals surface area contributed by atoms with Gasteiger partial charge >= 0.3 is 0 Å². The van der Waals surface area contributed by atoms with Crippen molar-refractivity contribution in [2.45, 2.75) is 25.7 Å². The number of hydrogen-bond donors (Lipinski definition) is 1. The number of benzene rings is 1. The van der Waals surface area contributed by atoms with E-state index in [-0.39, 0.29) is 5.88 Å². The van der Waals surface area contributed by atoms with E-state index in [0.29, 0.717) is 11.1 Å². The number of fused-ring (bicyclic) bond motifs is 1. The Labute approximate surface area is 117 Å². The maximum atomic E-state index is 9.23. The van der Waals surface area contributed by atoms with Crippen LogP contribution < -0.4 is 11.3 Å². The van der Waals surface area contributed by atoms with Crippen molar-refractivity contribution in [1.29, 1.82) is 5.26 Å². The first-order valence-electron chi connectivity index (χ1n) is 6.74. The fourth-order valence-corrected chi connectivity index (χ4v) is 2.62. The summed E-state index contributed by atoms with van der Waals surface area (Å²) < 4.78 is 5.59. The van der Waals surface area contributed by atoms with Crippen LogP contribution in [0.2, 0.25) is 0 Å². The van der Waals surface area contributed by atoms with Gasteiger partial charge in [0.1, 0.15) is 11.6 Å². The van der Waals surface area contributed by atoms with Gasteiger partial charge in [0.05, 0.1) is 5.69 Å². The van der Waals surface area contributed by atoms with Crippen molar-refractivity contribution in [2.24, 2.45) is 4.99 Å². The lowest BCUT2D eigenvalue weighted by molar-refractivity contribution is 0.490. The second-order valence-corrected chi connectivity index (χ2v) is 4.87. The Hall–Kier alpha value is -2.54. The van der Waals surface area contributed by atoms with Gasteiger partial charge in [0.15, 0.2) is 0 Å². The second kappa shape index (κ2) is 5.22. The molecule has 3 rings (SSSR count). The van der Waals surface area contributed by atoms with Gasteiger partial charge in [-0.1, -0.05) is 18.2 Å². The summed E-state index contributed by atoms with van der Waals surface area (Å²) in [6, 6.07) is 11.8. The van der Waals surface area contributed by atoms with Gasteiger partial charge < -0.3 is 10.2 Å². The van der Waals surface area contributed by atoms with Crippen LogP contribution in [0.25, 0.3) is 0 Å². The highest BCUT2D eigenvalue weighted by Crippen LogP contribution is 2.25. The summed E-state index contributed by atoms with van der Waals surface area (Å²) in [7, 11) is 0. The fraction of sp³-hybridized carbons (Fsp3) is 0.250. The summed E-state index contributed by atoms with van der Waals surface area (Å²) in [6.45, 7) is 0. The number of nitriles is 1. The van der Waals surface area contributed by atoms with Crippen molar-refractivity contribution in [3.8, 4) is 6.07 Å². The molecule has 1 aliphatic carbocycles. The Morgan fingerprint density at radius 2 is 1.80 bits per heavy atom. The average molecular weight is 265 g/mol. The molecule has 0 spiro atoms. The molecule has 20 heavy (non-hydrogen) atoms. The van der Waals surface area contributed by atoms with Gasteiger partial charge in [-0.2, -0.15) is 5.26 Å². The zero-order valence-corrected chi connectivity index (χ0v) is 11.1. The van der Waals surface area contributed by atoms with Gasteiger partial charge in [0.25, 0.3) is 0 Å². The molecule has 0 radical (unpaired) electrons. The lowest BCUT2D eigenvalue weighted by Crippen LogP contribution is -2.19. The molecule has 4 heteroatoms. The molecule has 0 saturated heterocycles. The highest BCUT2D eigenvalue weighted by atomic mass is 16.3. The van der Waals surface area contributed by atoms with E-state index < -0.39 is 0 Å². The van der Waals surface area contributed by atoms with E-state index in [9.17, 15) is 5.26 Å². The maximum Gasteiger partial charge on any atom is 0.225 e. The highest BCUT2D eigenvalue weighted by molar-refractivity contribution is 5.54. The molecule has 1 aliphatic rings. The molecule has 0 unspecified atom stereocenters. The molecule has 0 saturated carbocycles. The number of para-hydroxylation sites is 1. The molecule has 2 N–H and O–H groups in total. The Morgan fingerprint density at radius 3 is 2.50 bits per heavy atom. The van der Waals surface area contributed by atoms with Crippen LogP contribution >= 0.6 is 0 Å². The van der Waals surface area contributed by atoms with Crippen molar-refractivity contribution in [2.75, 3.05) is 5.73 Å². The standard InChI is InChI=1S/C16H15N3O/c17-10-14-12-8-4-5-9-13(12)16(20-15(14)18)19-11-6-2-1-3-7-11/h1-3,6-7H,4-5,8-9,18H2. The van der Waals surface area contributed by atoms with Gasteiger partial charge in [-0.15, -0.1) is 0 Å². The highest BCUT2D eigenvalue weighted by Gasteiger charge is 2.19. The van der Waals surface area contributed by atoms with E-state index in [0.717, 1.165) is 42.5 Å². The average Bonchev–Trinajstić information content (AvgIpc) is 2.49. The third-order valence-electron chi connectivity index (χ3n) is 3.58. The molecule has 1 aromatic heterocycles. The smallest absolute Gasteiger partial charge is 0.225 e. The van der Waals surface area contributed by atoms with Crippen LogP contribution in [0.1, 0.15) is 29.5 Å². The van der Waals surface area contributed by atoms with E-state index in [1.807, 2.05) is 30.3 Å². The summed E-state index contributed by atoms with van der Waals surface area (Å²) in [4.78, 5) is 4.53. The van der Waals surface area contributed by atoms with Crippen LogP contribution in [-0.2, 0) is 12.8 Å². The first-order chi connectivity index (χ1) is 9.79. The van der Waals surface area contributed by atoms with E-state index in [4.69, 9.17) is 10.2 Å². The lowest BCUT2D eigenvalue weighted by Gasteiger charge is -2.17. The van der Waals surface area contributed by atoms with Crippen molar-refractivity contribution in [3.63, 3.8) is 0 Å². The zero-order chi connectivity index (χ0) is 13.9. The first-order valence-corrected chi connectivity index (χ1v) is 6.74. The first kappa shape index (κ1) is 12.5. The summed E-state index contributed by atoms with van der Waals surface area (Å²) in [5, 5.41) is 9.23. The van der Waals surface area contributed by atoms with Crippen LogP contribution in [-0.4, -0.2) is 0 Å². The molecule has 4 nitrogen and oxygen atoms in total. The largest absolute Gasteiger partial charge is 0.422 e. The SMILES string of the molecule is N#Cc1c(N)oc(=Nc2ccccc2)c2c1CCCC2. The van der Waals surface area contributed by atoms with Crippen LogP contribution in [0, 0.1) is 11.3 Å². The third kappa shape index (κ3) is 2.19. The molecule has 0 amide bonds. The number of nitrogens with two attached hydrogens (primary N) is 1. The minimum atomic E-state index is 0.169. The minimum Gasteiger partial charge on any atom is -0.422 e. The number of anilines is 1. The Kier molecular flexibility index (Phi) is 3.26. The van der Waals surface area contributed by atoms with E-state index in [1.165, 1.54) is 0 Å². The Balaban J connectivity index is 2.25. The summed E-state index contributed by atoms with van der Waals surface area (Å²) in [6.07, 6.45) is 3.93. The third-order valence-corrected chi connectivity index (χ3v) is 3.58. The molecule has 2 aromatic rings. The van der Waals surface area contributed by atoms with Crippen LogP contribution in [0.4, 0.5) is 11.6 Å². The molecule has 1 aromatic carbocycles. The van der Waals surface area contributed by atoms with Crippen LogP contribution in [0.5, 0.6) is 0 Å². The molecule has 0 fully saturated rings. The molecule has 0 atom stereocenters. The van der Waals surface area contributed by atoms with Gasteiger partial charge in [-0.05, 0) is 43.4 Å². The molecule has 1 heterocycles. The van der Waals surface area contributed by atoms with Crippen molar-refractivity contribution in [3.05, 3.63) is 52.6 Å². The molecular weight excluding hydrogens is 250 g/mol. The van der Waals surface area contributed by atoms with E-state index >= 15 is 0 Å². The molecule has 100 valence electrons. The lowest BCUT2D eigenvalue weighted by atomic mass is 9.90. The summed E-state index contributed by atoms with van der Waals surface area (Å²) in [5.41, 5.74) is 9.75. The van der Waals surface area contributed by atoms with E-state index in [1.54, 1.807) is 0 Å². The van der Waals surface area contributed by atoms with E-state index in [2.05, 4.69) is 11.1 Å². The monoisotopic (exact) mass is 265 g/mol. The van der Waals surface area contributed by atoms with Gasteiger partial charge in [0, 0.05) is 5.56 Å². The Morgan fingerprint density at radius 1 is 1.10 bits per heavy atom. The topological polar surface area (TPSA) is 75.3 Å². The summed E-state index contributed by atoms with van der Waals surface area (Å²) in [5.74, 6) is 0.169. The number of nitrogens with zero attached hydrogens (tertiary/aromatic N) is 2. The van der Waals surface area contributed by atoms with Crippen LogP contribution in [0.3, 0.4) is 0 Å². The molecular formula is C16H15N3O. The maximum absolute atomic E-state index is 9.23. The number of hydrogen-bond acceptors (Lipinski definition) is 4. The predicted octanol–water partition coefficient (Wildman–Crippen LogP) is 2.84. The van der Waals surface area contributed by atoms with Gasteiger partial charge in [0.2, 0.25) is 11.4 Å². The van der Waals surface area contributed by atoms with Gasteiger partial charge in [-0.3, -0.25) is 0 Å². The fourth-order valence-electron chi connectivity index (χ4n) is 2.62. The predicted molar refractivity (Wildman–Crippen MR) is 76.1 cm³/mol. The Bertz CT molecular complexity index is 739. The molecule has 0 bridgehead atoms. The molecule has 0 aliphatic heterocycles. The van der Waals surface area contributed by atoms with Crippen molar-refractivity contribution >= 4 is 11.6 Å². The zero-order valence-electron chi connectivity index (χ0n) is 11.1. The number of rotatable bonds is 1. The quantitative estimate of drug-likeness (QED) is 0.861. The van der Waals surface area contributed by atoms with Crippen LogP contribution in [0.15, 0.2) is 39.7 Å². The van der Waals surface area contributed by atoms with Crippen molar-refractivity contribution < 1.29 is 4.42 Å². The van der Waals surface area contributed by atoms with Gasteiger partial charge in [-0.25, -0.2) is 4.99 Å². The normalized spacial score (nSPS) is 14.7. The minimum absolute atomic E-state index is 0.169.